The molecule has 0 bridgehead atoms. The van der Waals surface area contributed by atoms with Gasteiger partial charge in [-0.05, 0) is 143 Å². The molecule has 0 radical (unpaired) electrons. The van der Waals surface area contributed by atoms with Gasteiger partial charge in [-0.1, -0.05) is 169 Å². The Hall–Kier alpha value is -5.20. The van der Waals surface area contributed by atoms with E-state index in [-0.39, 0.29) is 0 Å². The van der Waals surface area contributed by atoms with Gasteiger partial charge in [-0.25, -0.2) is 0 Å². The Balaban J connectivity index is 0.000000171. The van der Waals surface area contributed by atoms with Gasteiger partial charge in [-0.15, -0.1) is 0 Å². The maximum atomic E-state index is 2.51. The molecule has 1 spiro atoms. The van der Waals surface area contributed by atoms with E-state index in [0.29, 0.717) is 5.41 Å². The quantitative estimate of drug-likeness (QED) is 0.174. The monoisotopic (exact) mass is 674 g/mol. The van der Waals surface area contributed by atoms with Crippen LogP contribution in [0.3, 0.4) is 0 Å². The molecule has 5 aromatic rings. The molecule has 0 nitrogen and oxygen atoms in total. The van der Waals surface area contributed by atoms with Gasteiger partial charge >= 0.3 is 0 Å². The minimum Gasteiger partial charge on any atom is -0.0845 e. The summed E-state index contributed by atoms with van der Waals surface area (Å²) in [5.74, 6) is 0.927. The van der Waals surface area contributed by atoms with Crippen LogP contribution >= 0.6 is 0 Å². The van der Waals surface area contributed by atoms with E-state index in [0.717, 1.165) is 12.3 Å². The Morgan fingerprint density at radius 2 is 1.27 bits per heavy atom. The van der Waals surface area contributed by atoms with Gasteiger partial charge in [-0.2, -0.15) is 0 Å². The van der Waals surface area contributed by atoms with E-state index in [4.69, 9.17) is 0 Å². The standard InChI is InChI=1S/C33H28.C19H22/c1-24-15-19-27(20-16-24)31-12-7-8-13-32(31)28-21-17-26(18-22-28)23-29-10-4-6-14-33(29)30-11-5-3-9-25(30)2;1-2-4-8-15-12-13-19-14-16(19)9-6-7-11-18(19)17(15)10-5-3-1/h3-22H,23H2,1-2H3;3,5-8,10-11,16H,1-2,4,9,12-14H2/b;5-3-,15-8-,17-10+. The minimum atomic E-state index is 0.550. The lowest BCUT2D eigenvalue weighted by Crippen LogP contribution is -2.17. The lowest BCUT2D eigenvalue weighted by Gasteiger charge is -2.31. The Morgan fingerprint density at radius 1 is 0.615 bits per heavy atom. The third kappa shape index (κ3) is 7.13. The molecule has 0 saturated heterocycles. The van der Waals surface area contributed by atoms with Crippen molar-refractivity contribution in [3.05, 3.63) is 203 Å². The number of rotatable bonds is 5. The third-order valence-corrected chi connectivity index (χ3v) is 11.8. The molecule has 0 amide bonds. The molecule has 2 fully saturated rings. The Kier molecular flexibility index (Phi) is 9.91. The van der Waals surface area contributed by atoms with E-state index in [9.17, 15) is 0 Å². The second kappa shape index (κ2) is 15.2. The Morgan fingerprint density at radius 3 is 2.02 bits per heavy atom. The maximum Gasteiger partial charge on any atom is -0.000324 e. The first kappa shape index (κ1) is 33.9. The van der Waals surface area contributed by atoms with Crippen molar-refractivity contribution >= 4 is 0 Å². The fraction of sp³-hybridized carbons (Fsp3) is 0.231. The van der Waals surface area contributed by atoms with Crippen molar-refractivity contribution in [2.45, 2.75) is 65.2 Å². The van der Waals surface area contributed by atoms with Crippen molar-refractivity contribution in [2.24, 2.45) is 11.3 Å². The van der Waals surface area contributed by atoms with Crippen molar-refractivity contribution in [2.75, 3.05) is 0 Å². The van der Waals surface area contributed by atoms with Gasteiger partial charge in [0.15, 0.2) is 0 Å². The van der Waals surface area contributed by atoms with Crippen LogP contribution in [0.1, 0.15) is 67.2 Å². The second-order valence-corrected chi connectivity index (χ2v) is 15.2. The summed E-state index contributed by atoms with van der Waals surface area (Å²) in [5, 5.41) is 0. The highest BCUT2D eigenvalue weighted by Crippen LogP contribution is 2.68. The molecule has 2 unspecified atom stereocenters. The lowest BCUT2D eigenvalue weighted by atomic mass is 9.73. The molecule has 4 aliphatic rings. The van der Waals surface area contributed by atoms with Crippen molar-refractivity contribution in [3.63, 3.8) is 0 Å². The molecule has 9 rings (SSSR count). The van der Waals surface area contributed by atoms with Gasteiger partial charge in [0.2, 0.25) is 0 Å². The summed E-state index contributed by atoms with van der Waals surface area (Å²) in [4.78, 5) is 0. The first-order valence-corrected chi connectivity index (χ1v) is 19.4. The summed E-state index contributed by atoms with van der Waals surface area (Å²) in [6.07, 6.45) is 26.7. The molecule has 0 aromatic heterocycles. The molecule has 0 heterocycles. The fourth-order valence-electron chi connectivity index (χ4n) is 8.79. The van der Waals surface area contributed by atoms with E-state index in [1.807, 2.05) is 0 Å². The van der Waals surface area contributed by atoms with Crippen LogP contribution < -0.4 is 0 Å². The topological polar surface area (TPSA) is 0 Å². The summed E-state index contributed by atoms with van der Waals surface area (Å²) < 4.78 is 0. The average molecular weight is 675 g/mol. The SMILES string of the molecule is C1=CCC2CC23CCC2=C/CCC\C=C/C=C\2C3=C1.Cc1ccc(-c2ccccc2-c2ccc(Cc3ccccc3-c3ccccc3C)cc2)cc1. The van der Waals surface area contributed by atoms with Gasteiger partial charge in [0.1, 0.15) is 0 Å². The van der Waals surface area contributed by atoms with Crippen LogP contribution in [0, 0.1) is 25.2 Å². The molecule has 2 saturated carbocycles. The number of hydrogen-bond donors (Lipinski definition) is 0. The third-order valence-electron chi connectivity index (χ3n) is 11.8. The zero-order valence-electron chi connectivity index (χ0n) is 30.8. The van der Waals surface area contributed by atoms with Gasteiger partial charge in [0, 0.05) is 0 Å². The summed E-state index contributed by atoms with van der Waals surface area (Å²) in [5.41, 5.74) is 18.3. The fourth-order valence-corrected chi connectivity index (χ4v) is 8.79. The zero-order valence-corrected chi connectivity index (χ0v) is 30.8. The number of aryl methyl sites for hydroxylation is 2. The smallest absolute Gasteiger partial charge is 0.000324 e. The number of allylic oxidation sites excluding steroid dienone is 10. The summed E-state index contributed by atoms with van der Waals surface area (Å²) in [7, 11) is 0. The highest BCUT2D eigenvalue weighted by molar-refractivity contribution is 5.83. The molecule has 0 heteroatoms. The molecular weight excluding hydrogens is 625 g/mol. The number of fused-ring (bicyclic) bond motifs is 2. The van der Waals surface area contributed by atoms with E-state index in [1.54, 1.807) is 16.7 Å². The van der Waals surface area contributed by atoms with Crippen LogP contribution in [0.25, 0.3) is 33.4 Å². The highest BCUT2D eigenvalue weighted by atomic mass is 14.6. The zero-order chi connectivity index (χ0) is 35.3. The van der Waals surface area contributed by atoms with Crippen LogP contribution in [0.2, 0.25) is 0 Å². The normalized spacial score (nSPS) is 22.7. The second-order valence-electron chi connectivity index (χ2n) is 15.2. The Labute approximate surface area is 311 Å². The van der Waals surface area contributed by atoms with E-state index in [1.165, 1.54) is 101 Å². The summed E-state index contributed by atoms with van der Waals surface area (Å²) in [6.45, 7) is 4.32. The van der Waals surface area contributed by atoms with Gasteiger partial charge in [0.05, 0.1) is 0 Å². The number of benzene rings is 5. The summed E-state index contributed by atoms with van der Waals surface area (Å²) >= 11 is 0. The van der Waals surface area contributed by atoms with Crippen LogP contribution in [0.15, 0.2) is 181 Å². The van der Waals surface area contributed by atoms with Crippen LogP contribution in [-0.2, 0) is 6.42 Å². The average Bonchev–Trinajstić information content (AvgIpc) is 3.88. The molecule has 2 atom stereocenters. The largest absolute Gasteiger partial charge is 0.0845 e. The van der Waals surface area contributed by atoms with Crippen LogP contribution in [-0.4, -0.2) is 0 Å². The number of hydrogen-bond acceptors (Lipinski definition) is 0. The first-order chi connectivity index (χ1) is 25.6. The van der Waals surface area contributed by atoms with Crippen molar-refractivity contribution in [1.29, 1.82) is 0 Å². The minimum absolute atomic E-state index is 0.550. The predicted octanol–water partition coefficient (Wildman–Crippen LogP) is 14.2. The van der Waals surface area contributed by atoms with Crippen LogP contribution in [0.4, 0.5) is 0 Å². The van der Waals surface area contributed by atoms with E-state index < -0.39 is 0 Å². The summed E-state index contributed by atoms with van der Waals surface area (Å²) in [6, 6.07) is 44.0. The predicted molar refractivity (Wildman–Crippen MR) is 222 cm³/mol. The van der Waals surface area contributed by atoms with Crippen molar-refractivity contribution in [1.82, 2.24) is 0 Å². The molecule has 0 N–H and O–H groups in total. The highest BCUT2D eigenvalue weighted by Gasteiger charge is 2.57. The molecule has 52 heavy (non-hydrogen) atoms. The molecule has 0 aliphatic heterocycles. The maximum absolute atomic E-state index is 2.51. The van der Waals surface area contributed by atoms with E-state index >= 15 is 0 Å². The molecule has 258 valence electrons. The van der Waals surface area contributed by atoms with Gasteiger partial charge in [0.25, 0.3) is 0 Å². The van der Waals surface area contributed by atoms with Gasteiger partial charge in [-0.3, -0.25) is 0 Å². The molecular formula is C52H50. The first-order valence-electron chi connectivity index (χ1n) is 19.4. The lowest BCUT2D eigenvalue weighted by molar-refractivity contribution is 0.478. The molecule has 5 aromatic carbocycles. The van der Waals surface area contributed by atoms with Crippen molar-refractivity contribution < 1.29 is 0 Å². The Bertz CT molecular complexity index is 2200. The van der Waals surface area contributed by atoms with E-state index in [2.05, 4.69) is 178 Å². The molecule has 4 aliphatic carbocycles. The van der Waals surface area contributed by atoms with Crippen molar-refractivity contribution in [3.8, 4) is 33.4 Å². The van der Waals surface area contributed by atoms with Gasteiger partial charge < -0.3 is 0 Å². The van der Waals surface area contributed by atoms with Crippen LogP contribution in [0.5, 0.6) is 0 Å².